The Morgan fingerprint density at radius 2 is 1.94 bits per heavy atom. The SMILES string of the molecule is Cc1ccc(C(C)C)c(OCc2ccc(C(=O)Nc3cc(C)n(Cc4ccc(F)cc4Cl)n3)o2)c1. The van der Waals surface area contributed by atoms with Gasteiger partial charge in [-0.1, -0.05) is 43.6 Å². The number of aromatic nitrogens is 2. The van der Waals surface area contributed by atoms with Crippen LogP contribution in [0.25, 0.3) is 0 Å². The molecule has 1 amide bonds. The Kier molecular flexibility index (Phi) is 7.26. The average Bonchev–Trinajstić information content (AvgIpc) is 3.40. The largest absolute Gasteiger partial charge is 0.485 e. The molecule has 182 valence electrons. The number of hydrogen-bond acceptors (Lipinski definition) is 4. The first-order chi connectivity index (χ1) is 16.7. The minimum atomic E-state index is -0.417. The number of furan rings is 1. The molecule has 2 aromatic heterocycles. The van der Waals surface area contributed by atoms with Crippen LogP contribution in [-0.2, 0) is 13.2 Å². The number of halogens is 2. The summed E-state index contributed by atoms with van der Waals surface area (Å²) in [5.41, 5.74) is 3.77. The van der Waals surface area contributed by atoms with Crippen LogP contribution in [0.5, 0.6) is 5.75 Å². The lowest BCUT2D eigenvalue weighted by Gasteiger charge is -2.14. The van der Waals surface area contributed by atoms with Crippen LogP contribution in [0.15, 0.2) is 59.0 Å². The minimum Gasteiger partial charge on any atom is -0.485 e. The summed E-state index contributed by atoms with van der Waals surface area (Å²) in [6.07, 6.45) is 0. The van der Waals surface area contributed by atoms with Gasteiger partial charge in [0.2, 0.25) is 0 Å². The Bertz CT molecular complexity index is 1360. The molecule has 6 nitrogen and oxygen atoms in total. The third-order valence-corrected chi connectivity index (χ3v) is 5.96. The van der Waals surface area contributed by atoms with Crippen molar-refractivity contribution in [2.24, 2.45) is 0 Å². The number of hydrogen-bond donors (Lipinski definition) is 1. The first kappa shape index (κ1) is 24.5. The Balaban J connectivity index is 1.40. The zero-order valence-corrected chi connectivity index (χ0v) is 20.8. The van der Waals surface area contributed by atoms with Gasteiger partial charge in [0, 0.05) is 16.8 Å². The average molecular weight is 496 g/mol. The standard InChI is InChI=1S/C27H27ClFN3O3/c1-16(2)22-9-5-17(3)11-25(22)34-15-21-8-10-24(35-21)27(33)30-26-12-18(4)32(31-26)14-19-6-7-20(29)13-23(19)28/h5-13,16H,14-15H2,1-4H3,(H,30,31,33). The minimum absolute atomic E-state index is 0.158. The molecule has 0 fully saturated rings. The van der Waals surface area contributed by atoms with Gasteiger partial charge >= 0.3 is 0 Å². The van der Waals surface area contributed by atoms with Crippen molar-refractivity contribution in [2.75, 3.05) is 5.32 Å². The zero-order valence-electron chi connectivity index (χ0n) is 20.1. The number of benzene rings is 2. The molecule has 0 aliphatic rings. The summed E-state index contributed by atoms with van der Waals surface area (Å²) in [5.74, 6) is 1.40. The number of carbonyl (C=O) groups excluding carboxylic acids is 1. The van der Waals surface area contributed by atoms with Crippen LogP contribution < -0.4 is 10.1 Å². The van der Waals surface area contributed by atoms with E-state index in [-0.39, 0.29) is 12.4 Å². The monoisotopic (exact) mass is 495 g/mol. The number of ether oxygens (including phenoxy) is 1. The first-order valence-corrected chi connectivity index (χ1v) is 11.7. The summed E-state index contributed by atoms with van der Waals surface area (Å²) >= 11 is 6.13. The molecule has 35 heavy (non-hydrogen) atoms. The number of amides is 1. The van der Waals surface area contributed by atoms with E-state index >= 15 is 0 Å². The Hall–Kier alpha value is -3.58. The van der Waals surface area contributed by atoms with Gasteiger partial charge in [0.05, 0.1) is 6.54 Å². The fourth-order valence-electron chi connectivity index (χ4n) is 3.69. The summed E-state index contributed by atoms with van der Waals surface area (Å²) in [6, 6.07) is 15.4. The summed E-state index contributed by atoms with van der Waals surface area (Å²) in [6.45, 7) is 8.67. The summed E-state index contributed by atoms with van der Waals surface area (Å²) in [7, 11) is 0. The molecule has 4 aromatic rings. The third kappa shape index (κ3) is 5.92. The van der Waals surface area contributed by atoms with E-state index in [2.05, 4.69) is 36.4 Å². The van der Waals surface area contributed by atoms with Gasteiger partial charge in [-0.05, 0) is 66.8 Å². The molecular formula is C27H27ClFN3O3. The quantitative estimate of drug-likeness (QED) is 0.289. The van der Waals surface area contributed by atoms with Gasteiger partial charge in [-0.2, -0.15) is 5.10 Å². The second-order valence-electron chi connectivity index (χ2n) is 8.77. The van der Waals surface area contributed by atoms with E-state index in [0.29, 0.717) is 29.1 Å². The Morgan fingerprint density at radius 1 is 1.14 bits per heavy atom. The molecule has 0 radical (unpaired) electrons. The van der Waals surface area contributed by atoms with Crippen molar-refractivity contribution in [2.45, 2.75) is 46.8 Å². The van der Waals surface area contributed by atoms with Crippen LogP contribution in [0.1, 0.15) is 58.5 Å². The van der Waals surface area contributed by atoms with Crippen LogP contribution in [0, 0.1) is 19.7 Å². The van der Waals surface area contributed by atoms with Gasteiger partial charge < -0.3 is 14.5 Å². The fourth-order valence-corrected chi connectivity index (χ4v) is 3.92. The number of anilines is 1. The van der Waals surface area contributed by atoms with Crippen LogP contribution in [0.3, 0.4) is 0 Å². The predicted molar refractivity (Wildman–Crippen MR) is 134 cm³/mol. The molecule has 0 bridgehead atoms. The van der Waals surface area contributed by atoms with Crippen LogP contribution in [-0.4, -0.2) is 15.7 Å². The highest BCUT2D eigenvalue weighted by molar-refractivity contribution is 6.31. The molecule has 0 atom stereocenters. The zero-order chi connectivity index (χ0) is 25.1. The maximum absolute atomic E-state index is 13.3. The second kappa shape index (κ2) is 10.4. The van der Waals surface area contributed by atoms with E-state index in [1.165, 1.54) is 12.1 Å². The van der Waals surface area contributed by atoms with E-state index in [1.807, 2.05) is 19.9 Å². The molecule has 2 aromatic carbocycles. The molecule has 0 saturated carbocycles. The molecule has 0 aliphatic carbocycles. The van der Waals surface area contributed by atoms with Gasteiger partial charge in [0.15, 0.2) is 11.6 Å². The van der Waals surface area contributed by atoms with E-state index in [0.717, 1.165) is 28.1 Å². The molecule has 4 rings (SSSR count). The van der Waals surface area contributed by atoms with Crippen molar-refractivity contribution in [1.82, 2.24) is 9.78 Å². The first-order valence-electron chi connectivity index (χ1n) is 11.3. The summed E-state index contributed by atoms with van der Waals surface area (Å²) < 4.78 is 26.7. The maximum Gasteiger partial charge on any atom is 0.292 e. The maximum atomic E-state index is 13.3. The summed E-state index contributed by atoms with van der Waals surface area (Å²) in [4.78, 5) is 12.7. The lowest BCUT2D eigenvalue weighted by molar-refractivity contribution is 0.0992. The van der Waals surface area contributed by atoms with Gasteiger partial charge in [0.1, 0.15) is 23.9 Å². The second-order valence-corrected chi connectivity index (χ2v) is 9.18. The molecular weight excluding hydrogens is 469 g/mol. The molecule has 0 unspecified atom stereocenters. The van der Waals surface area contributed by atoms with Crippen molar-refractivity contribution < 1.29 is 18.3 Å². The lowest BCUT2D eigenvalue weighted by Crippen LogP contribution is -2.12. The number of aryl methyl sites for hydroxylation is 2. The van der Waals surface area contributed by atoms with Gasteiger partial charge in [-0.15, -0.1) is 0 Å². The summed E-state index contributed by atoms with van der Waals surface area (Å²) in [5, 5.41) is 7.49. The Morgan fingerprint density at radius 3 is 2.69 bits per heavy atom. The topological polar surface area (TPSA) is 69.3 Å². The highest BCUT2D eigenvalue weighted by atomic mass is 35.5. The van der Waals surface area contributed by atoms with Crippen molar-refractivity contribution >= 4 is 23.3 Å². The van der Waals surface area contributed by atoms with Crippen LogP contribution >= 0.6 is 11.6 Å². The van der Waals surface area contributed by atoms with Crippen LogP contribution in [0.4, 0.5) is 10.2 Å². The molecule has 1 N–H and O–H groups in total. The highest BCUT2D eigenvalue weighted by Crippen LogP contribution is 2.28. The van der Waals surface area contributed by atoms with Crippen molar-refractivity contribution in [1.29, 1.82) is 0 Å². The highest BCUT2D eigenvalue weighted by Gasteiger charge is 2.16. The van der Waals surface area contributed by atoms with Crippen LogP contribution in [0.2, 0.25) is 5.02 Å². The number of carbonyl (C=O) groups is 1. The normalized spacial score (nSPS) is 11.2. The smallest absolute Gasteiger partial charge is 0.292 e. The number of nitrogens with one attached hydrogen (secondary N) is 1. The number of nitrogens with zero attached hydrogens (tertiary/aromatic N) is 2. The van der Waals surface area contributed by atoms with E-state index in [1.54, 1.807) is 28.9 Å². The number of rotatable bonds is 8. The Labute approximate surface area is 208 Å². The van der Waals surface area contributed by atoms with E-state index in [9.17, 15) is 9.18 Å². The molecule has 0 saturated heterocycles. The van der Waals surface area contributed by atoms with Gasteiger partial charge in [-0.3, -0.25) is 9.48 Å². The predicted octanol–water partition coefficient (Wildman–Crippen LogP) is 6.89. The van der Waals surface area contributed by atoms with Gasteiger partial charge in [-0.25, -0.2) is 4.39 Å². The molecule has 0 spiro atoms. The molecule has 8 heteroatoms. The van der Waals surface area contributed by atoms with Crippen molar-refractivity contribution in [3.05, 3.63) is 99.3 Å². The van der Waals surface area contributed by atoms with Gasteiger partial charge in [0.25, 0.3) is 5.91 Å². The van der Waals surface area contributed by atoms with E-state index < -0.39 is 11.7 Å². The lowest BCUT2D eigenvalue weighted by atomic mass is 10.0. The fraction of sp³-hybridized carbons (Fsp3) is 0.259. The van der Waals surface area contributed by atoms with Crippen molar-refractivity contribution in [3.63, 3.8) is 0 Å². The van der Waals surface area contributed by atoms with Crippen molar-refractivity contribution in [3.8, 4) is 5.75 Å². The third-order valence-electron chi connectivity index (χ3n) is 5.60. The van der Waals surface area contributed by atoms with E-state index in [4.69, 9.17) is 20.8 Å². The molecule has 2 heterocycles. The molecule has 0 aliphatic heterocycles.